The Kier molecular flexibility index (Phi) is 42.7. The monoisotopic (exact) mass is 762 g/mol. The number of amides is 1. The van der Waals surface area contributed by atoms with E-state index < -0.39 is 12.1 Å². The maximum absolute atomic E-state index is 12.4. The summed E-state index contributed by atoms with van der Waals surface area (Å²) in [5.74, 6) is -0.142. The molecule has 0 bridgehead atoms. The summed E-state index contributed by atoms with van der Waals surface area (Å²) in [5.41, 5.74) is 0. The van der Waals surface area contributed by atoms with E-state index in [1.54, 1.807) is 6.08 Å². The Morgan fingerprint density at radius 2 is 0.870 bits per heavy atom. The molecule has 0 rings (SSSR count). The van der Waals surface area contributed by atoms with Crippen LogP contribution >= 0.6 is 0 Å². The number of unbranched alkanes of at least 4 members (excludes halogenated alkanes) is 30. The molecule has 0 radical (unpaired) electrons. The molecule has 6 heteroatoms. The van der Waals surface area contributed by atoms with Crippen LogP contribution in [-0.4, -0.2) is 47.4 Å². The van der Waals surface area contributed by atoms with Crippen molar-refractivity contribution in [2.45, 2.75) is 257 Å². The molecule has 0 aliphatic carbocycles. The lowest BCUT2D eigenvalue weighted by Gasteiger charge is -2.20. The number of aliphatic hydroxyl groups is 2. The fraction of sp³-hybridized carbons (Fsp3) is 0.875. The van der Waals surface area contributed by atoms with Gasteiger partial charge in [0.25, 0.3) is 0 Å². The number of aliphatic hydroxyl groups excluding tert-OH is 2. The van der Waals surface area contributed by atoms with Gasteiger partial charge < -0.3 is 20.3 Å². The minimum absolute atomic E-state index is 0.0383. The van der Waals surface area contributed by atoms with E-state index in [0.717, 1.165) is 77.0 Å². The Hall–Kier alpha value is -1.66. The normalized spacial score (nSPS) is 12.9. The summed E-state index contributed by atoms with van der Waals surface area (Å²) in [7, 11) is 0. The molecular formula is C48H91NO5. The lowest BCUT2D eigenvalue weighted by atomic mass is 10.0. The molecular weight excluding hydrogens is 671 g/mol. The number of hydrogen-bond acceptors (Lipinski definition) is 5. The SMILES string of the molecule is CCCCCCCCCCCCCCC/C=C/C(O)C(CO)NC(=O)CCCCCC/C=C\CCCCOC(=O)CCCCCCCCCCCCCC. The first-order chi connectivity index (χ1) is 26.5. The fourth-order valence-corrected chi connectivity index (χ4v) is 7.04. The summed E-state index contributed by atoms with van der Waals surface area (Å²) in [6.07, 6.45) is 50.2. The van der Waals surface area contributed by atoms with Crippen molar-refractivity contribution in [3.63, 3.8) is 0 Å². The van der Waals surface area contributed by atoms with E-state index in [2.05, 4.69) is 31.3 Å². The molecule has 0 aromatic carbocycles. The maximum Gasteiger partial charge on any atom is 0.305 e. The Balaban J connectivity index is 3.58. The van der Waals surface area contributed by atoms with Crippen molar-refractivity contribution in [3.8, 4) is 0 Å². The second kappa shape index (κ2) is 44.1. The zero-order chi connectivity index (χ0) is 39.4. The summed E-state index contributed by atoms with van der Waals surface area (Å²) in [4.78, 5) is 24.4. The average molecular weight is 762 g/mol. The molecule has 6 nitrogen and oxygen atoms in total. The smallest absolute Gasteiger partial charge is 0.305 e. The summed E-state index contributed by atoms with van der Waals surface area (Å²) < 4.78 is 5.41. The van der Waals surface area contributed by atoms with Crippen LogP contribution in [0.15, 0.2) is 24.3 Å². The predicted octanol–water partition coefficient (Wildman–Crippen LogP) is 13.6. The average Bonchev–Trinajstić information content (AvgIpc) is 3.17. The van der Waals surface area contributed by atoms with Crippen LogP contribution in [0, 0.1) is 0 Å². The zero-order valence-electron chi connectivity index (χ0n) is 36.0. The van der Waals surface area contributed by atoms with Gasteiger partial charge in [-0.15, -0.1) is 0 Å². The molecule has 3 N–H and O–H groups in total. The van der Waals surface area contributed by atoms with Crippen molar-refractivity contribution in [1.82, 2.24) is 5.32 Å². The molecule has 0 aliphatic heterocycles. The van der Waals surface area contributed by atoms with Crippen molar-refractivity contribution in [2.75, 3.05) is 13.2 Å². The van der Waals surface area contributed by atoms with Crippen molar-refractivity contribution < 1.29 is 24.5 Å². The van der Waals surface area contributed by atoms with E-state index in [4.69, 9.17) is 4.74 Å². The number of nitrogens with one attached hydrogen (secondary N) is 1. The van der Waals surface area contributed by atoms with Crippen molar-refractivity contribution in [2.24, 2.45) is 0 Å². The summed E-state index contributed by atoms with van der Waals surface area (Å²) in [5, 5.41) is 23.0. The zero-order valence-corrected chi connectivity index (χ0v) is 36.0. The van der Waals surface area contributed by atoms with Gasteiger partial charge in [0.15, 0.2) is 0 Å². The number of rotatable bonds is 43. The highest BCUT2D eigenvalue weighted by Crippen LogP contribution is 2.15. The number of ether oxygens (including phenoxy) is 1. The van der Waals surface area contributed by atoms with Crippen LogP contribution in [0.5, 0.6) is 0 Å². The van der Waals surface area contributed by atoms with E-state index in [1.165, 1.54) is 141 Å². The Bertz CT molecular complexity index is 843. The van der Waals surface area contributed by atoms with E-state index >= 15 is 0 Å². The van der Waals surface area contributed by atoms with Gasteiger partial charge in [0.05, 0.1) is 25.4 Å². The van der Waals surface area contributed by atoms with Gasteiger partial charge in [-0.2, -0.15) is 0 Å². The van der Waals surface area contributed by atoms with Crippen LogP contribution < -0.4 is 5.32 Å². The third-order valence-corrected chi connectivity index (χ3v) is 10.7. The van der Waals surface area contributed by atoms with Gasteiger partial charge in [-0.1, -0.05) is 199 Å². The molecule has 0 aromatic rings. The summed E-state index contributed by atoms with van der Waals surface area (Å²) >= 11 is 0. The number of carbonyl (C=O) groups excluding carboxylic acids is 2. The van der Waals surface area contributed by atoms with E-state index in [0.29, 0.717) is 19.4 Å². The van der Waals surface area contributed by atoms with Crippen LogP contribution in [0.25, 0.3) is 0 Å². The van der Waals surface area contributed by atoms with Crippen LogP contribution in [0.2, 0.25) is 0 Å². The van der Waals surface area contributed by atoms with Gasteiger partial charge >= 0.3 is 5.97 Å². The molecule has 1 amide bonds. The summed E-state index contributed by atoms with van der Waals surface area (Å²) in [6, 6.07) is -0.651. The molecule has 0 fully saturated rings. The molecule has 0 aliphatic rings. The topological polar surface area (TPSA) is 95.9 Å². The van der Waals surface area contributed by atoms with E-state index in [-0.39, 0.29) is 18.5 Å². The molecule has 2 unspecified atom stereocenters. The minimum Gasteiger partial charge on any atom is -0.466 e. The molecule has 0 heterocycles. The first-order valence-electron chi connectivity index (χ1n) is 23.6. The lowest BCUT2D eigenvalue weighted by molar-refractivity contribution is -0.143. The first-order valence-corrected chi connectivity index (χ1v) is 23.6. The van der Waals surface area contributed by atoms with Gasteiger partial charge in [0.2, 0.25) is 5.91 Å². The van der Waals surface area contributed by atoms with Gasteiger partial charge in [0, 0.05) is 12.8 Å². The number of allylic oxidation sites excluding steroid dienone is 3. The van der Waals surface area contributed by atoms with Gasteiger partial charge in [-0.25, -0.2) is 0 Å². The van der Waals surface area contributed by atoms with Gasteiger partial charge in [0.1, 0.15) is 0 Å². The van der Waals surface area contributed by atoms with Crippen molar-refractivity contribution in [1.29, 1.82) is 0 Å². The third kappa shape index (κ3) is 40.0. The highest BCUT2D eigenvalue weighted by atomic mass is 16.5. The van der Waals surface area contributed by atoms with Crippen molar-refractivity contribution in [3.05, 3.63) is 24.3 Å². The Morgan fingerprint density at radius 1 is 0.500 bits per heavy atom. The Morgan fingerprint density at radius 3 is 1.31 bits per heavy atom. The van der Waals surface area contributed by atoms with Gasteiger partial charge in [-0.05, 0) is 57.8 Å². The van der Waals surface area contributed by atoms with E-state index in [1.807, 2.05) is 6.08 Å². The Labute approximate surface area is 335 Å². The van der Waals surface area contributed by atoms with Crippen LogP contribution in [0.1, 0.15) is 245 Å². The van der Waals surface area contributed by atoms with Crippen molar-refractivity contribution >= 4 is 11.9 Å². The summed E-state index contributed by atoms with van der Waals surface area (Å²) in [6.45, 7) is 4.80. The van der Waals surface area contributed by atoms with Crippen LogP contribution in [0.4, 0.5) is 0 Å². The highest BCUT2D eigenvalue weighted by Gasteiger charge is 2.18. The van der Waals surface area contributed by atoms with Crippen LogP contribution in [0.3, 0.4) is 0 Å². The minimum atomic E-state index is -0.864. The molecule has 2 atom stereocenters. The number of carbonyl (C=O) groups is 2. The lowest BCUT2D eigenvalue weighted by Crippen LogP contribution is -2.45. The molecule has 54 heavy (non-hydrogen) atoms. The standard InChI is InChI=1S/C48H91NO5/c1-3-5-7-9-11-13-15-17-18-19-20-24-28-32-36-40-46(51)45(44-50)49-47(52)41-37-33-29-25-22-23-27-31-35-39-43-54-48(53)42-38-34-30-26-21-16-14-12-10-8-6-4-2/h23,27,36,40,45-46,50-51H,3-22,24-26,28-35,37-39,41-44H2,1-2H3,(H,49,52)/b27-23-,40-36+. The molecule has 0 saturated carbocycles. The molecule has 0 spiro atoms. The van der Waals surface area contributed by atoms with E-state index in [9.17, 15) is 19.8 Å². The van der Waals surface area contributed by atoms with Crippen LogP contribution in [-0.2, 0) is 14.3 Å². The second-order valence-electron chi connectivity index (χ2n) is 16.1. The predicted molar refractivity (Wildman–Crippen MR) is 232 cm³/mol. The first kappa shape index (κ1) is 52.3. The maximum atomic E-state index is 12.4. The quantitative estimate of drug-likeness (QED) is 0.0327. The third-order valence-electron chi connectivity index (χ3n) is 10.7. The largest absolute Gasteiger partial charge is 0.466 e. The molecule has 0 aromatic heterocycles. The fourth-order valence-electron chi connectivity index (χ4n) is 7.04. The molecule has 0 saturated heterocycles. The second-order valence-corrected chi connectivity index (χ2v) is 16.1. The van der Waals surface area contributed by atoms with Gasteiger partial charge in [-0.3, -0.25) is 9.59 Å². The number of hydrogen-bond donors (Lipinski definition) is 3. The molecule has 318 valence electrons. The highest BCUT2D eigenvalue weighted by molar-refractivity contribution is 5.76. The number of esters is 1.